The zero-order valence-corrected chi connectivity index (χ0v) is 7.91. The molecule has 0 aliphatic heterocycles. The molecular weight excluding hydrogens is 188 g/mol. The van der Waals surface area contributed by atoms with Crippen LogP contribution in [0.2, 0.25) is 0 Å². The Morgan fingerprint density at radius 3 is 2.69 bits per heavy atom. The van der Waals surface area contributed by atoms with Crippen molar-refractivity contribution in [1.82, 2.24) is 0 Å². The van der Waals surface area contributed by atoms with Gasteiger partial charge in [-0.05, 0) is 5.56 Å². The highest BCUT2D eigenvalue weighted by molar-refractivity contribution is 6.27. The lowest BCUT2D eigenvalue weighted by Crippen LogP contribution is -2.09. The van der Waals surface area contributed by atoms with Crippen LogP contribution in [0.15, 0.2) is 30.3 Å². The lowest BCUT2D eigenvalue weighted by atomic mass is 10.2. The minimum atomic E-state index is -0.538. The van der Waals surface area contributed by atoms with Crippen LogP contribution in [0.1, 0.15) is 5.56 Å². The Bertz CT molecular complexity index is 248. The lowest BCUT2D eigenvalue weighted by Gasteiger charge is -2.04. The van der Waals surface area contributed by atoms with Gasteiger partial charge in [-0.1, -0.05) is 30.3 Å². The van der Waals surface area contributed by atoms with Gasteiger partial charge in [0.2, 0.25) is 0 Å². The Labute approximate surface area is 82.5 Å². The number of hydrogen-bond acceptors (Lipinski definition) is 2. The quantitative estimate of drug-likeness (QED) is 0.535. The average molecular weight is 199 g/mol. The van der Waals surface area contributed by atoms with E-state index in [0.29, 0.717) is 12.9 Å². The predicted molar refractivity (Wildman–Crippen MR) is 51.8 cm³/mol. The molecule has 1 atom stereocenters. The lowest BCUT2D eigenvalue weighted by molar-refractivity contribution is -0.108. The number of aldehydes is 1. The smallest absolute Gasteiger partial charge is 0.140 e. The molecule has 0 spiro atoms. The van der Waals surface area contributed by atoms with Gasteiger partial charge in [0.25, 0.3) is 0 Å². The molecule has 0 amide bonds. The molecule has 0 N–H and O–H groups in total. The van der Waals surface area contributed by atoms with E-state index in [1.165, 1.54) is 0 Å². The van der Waals surface area contributed by atoms with Crippen molar-refractivity contribution < 1.29 is 9.53 Å². The van der Waals surface area contributed by atoms with Gasteiger partial charge in [0.15, 0.2) is 0 Å². The minimum Gasteiger partial charge on any atom is -0.375 e. The molecule has 1 unspecified atom stereocenters. The highest BCUT2D eigenvalue weighted by Gasteiger charge is 2.01. The number of ether oxygens (including phenoxy) is 1. The number of benzene rings is 1. The van der Waals surface area contributed by atoms with Crippen molar-refractivity contribution in [1.29, 1.82) is 0 Å². The molecule has 1 aromatic rings. The monoisotopic (exact) mass is 198 g/mol. The van der Waals surface area contributed by atoms with Crippen molar-refractivity contribution in [3.63, 3.8) is 0 Å². The first-order valence-electron chi connectivity index (χ1n) is 4.04. The molecule has 0 radical (unpaired) electrons. The van der Waals surface area contributed by atoms with Gasteiger partial charge < -0.3 is 9.53 Å². The zero-order valence-electron chi connectivity index (χ0n) is 7.15. The topological polar surface area (TPSA) is 26.3 Å². The maximum atomic E-state index is 10.1. The molecule has 0 heterocycles. The summed E-state index contributed by atoms with van der Waals surface area (Å²) < 4.78 is 5.21. The fraction of sp³-hybridized carbons (Fsp3) is 0.300. The van der Waals surface area contributed by atoms with Gasteiger partial charge in [-0.25, -0.2) is 0 Å². The molecule has 0 aliphatic rings. The standard InChI is InChI=1S/C10H11ClO2/c11-10(6-12)8-13-7-9-4-2-1-3-5-9/h1-6,10H,7-8H2. The molecule has 0 bridgehead atoms. The van der Waals surface area contributed by atoms with Crippen LogP contribution in [0.5, 0.6) is 0 Å². The van der Waals surface area contributed by atoms with Crippen LogP contribution in [0, 0.1) is 0 Å². The van der Waals surface area contributed by atoms with Gasteiger partial charge >= 0.3 is 0 Å². The van der Waals surface area contributed by atoms with Gasteiger partial charge in [0, 0.05) is 0 Å². The van der Waals surface area contributed by atoms with E-state index in [4.69, 9.17) is 16.3 Å². The molecule has 70 valence electrons. The predicted octanol–water partition coefficient (Wildman–Crippen LogP) is 2.01. The molecular formula is C10H11ClO2. The number of halogens is 1. The van der Waals surface area contributed by atoms with Crippen LogP contribution in [0.4, 0.5) is 0 Å². The molecule has 1 rings (SSSR count). The second-order valence-electron chi connectivity index (χ2n) is 2.65. The van der Waals surface area contributed by atoms with E-state index in [1.807, 2.05) is 30.3 Å². The van der Waals surface area contributed by atoms with Crippen molar-refractivity contribution in [2.24, 2.45) is 0 Å². The van der Waals surface area contributed by atoms with Crippen LogP contribution in [0.25, 0.3) is 0 Å². The molecule has 1 aromatic carbocycles. The molecule has 0 saturated heterocycles. The highest BCUT2D eigenvalue weighted by Crippen LogP contribution is 2.01. The van der Waals surface area contributed by atoms with Gasteiger partial charge in [-0.3, -0.25) is 0 Å². The zero-order chi connectivity index (χ0) is 9.52. The van der Waals surface area contributed by atoms with Crippen LogP contribution in [-0.4, -0.2) is 18.3 Å². The van der Waals surface area contributed by atoms with Crippen LogP contribution in [-0.2, 0) is 16.1 Å². The van der Waals surface area contributed by atoms with Crippen molar-refractivity contribution in [3.05, 3.63) is 35.9 Å². The van der Waals surface area contributed by atoms with Crippen LogP contribution >= 0.6 is 11.6 Å². The largest absolute Gasteiger partial charge is 0.375 e. The second kappa shape index (κ2) is 5.73. The van der Waals surface area contributed by atoms with E-state index in [0.717, 1.165) is 5.56 Å². The summed E-state index contributed by atoms with van der Waals surface area (Å²) in [6, 6.07) is 9.75. The molecule has 0 saturated carbocycles. The maximum absolute atomic E-state index is 10.1. The number of hydrogen-bond donors (Lipinski definition) is 0. The summed E-state index contributed by atoms with van der Waals surface area (Å²) >= 11 is 5.54. The Hall–Kier alpha value is -0.860. The fourth-order valence-electron chi connectivity index (χ4n) is 0.903. The van der Waals surface area contributed by atoms with Crippen molar-refractivity contribution in [2.45, 2.75) is 12.0 Å². The van der Waals surface area contributed by atoms with Crippen molar-refractivity contribution >= 4 is 17.9 Å². The van der Waals surface area contributed by atoms with Crippen molar-refractivity contribution in [2.75, 3.05) is 6.61 Å². The number of alkyl halides is 1. The van der Waals surface area contributed by atoms with Crippen LogP contribution < -0.4 is 0 Å². The number of carbonyl (C=O) groups is 1. The third-order valence-electron chi connectivity index (χ3n) is 1.54. The maximum Gasteiger partial charge on any atom is 0.140 e. The molecule has 13 heavy (non-hydrogen) atoms. The fourth-order valence-corrected chi connectivity index (χ4v) is 0.992. The first-order chi connectivity index (χ1) is 6.33. The Morgan fingerprint density at radius 1 is 1.38 bits per heavy atom. The van der Waals surface area contributed by atoms with E-state index in [1.54, 1.807) is 0 Å². The van der Waals surface area contributed by atoms with Gasteiger partial charge in [-0.15, -0.1) is 11.6 Å². The van der Waals surface area contributed by atoms with Gasteiger partial charge in [-0.2, -0.15) is 0 Å². The van der Waals surface area contributed by atoms with E-state index in [9.17, 15) is 4.79 Å². The minimum absolute atomic E-state index is 0.264. The summed E-state index contributed by atoms with van der Waals surface area (Å²) in [5.41, 5.74) is 1.08. The average Bonchev–Trinajstić information content (AvgIpc) is 2.19. The van der Waals surface area contributed by atoms with Gasteiger partial charge in [0.1, 0.15) is 11.7 Å². The van der Waals surface area contributed by atoms with E-state index in [-0.39, 0.29) is 6.61 Å². The first kappa shape index (κ1) is 10.2. The number of carbonyl (C=O) groups excluding carboxylic acids is 1. The SMILES string of the molecule is O=CC(Cl)COCc1ccccc1. The third-order valence-corrected chi connectivity index (χ3v) is 1.77. The molecule has 3 heteroatoms. The summed E-state index contributed by atoms with van der Waals surface area (Å²) in [5.74, 6) is 0. The molecule has 0 fully saturated rings. The van der Waals surface area contributed by atoms with E-state index < -0.39 is 5.38 Å². The molecule has 0 aliphatic carbocycles. The Morgan fingerprint density at radius 2 is 2.08 bits per heavy atom. The normalized spacial score (nSPS) is 12.4. The highest BCUT2D eigenvalue weighted by atomic mass is 35.5. The Balaban J connectivity index is 2.24. The number of rotatable bonds is 5. The summed E-state index contributed by atoms with van der Waals surface area (Å²) in [7, 11) is 0. The summed E-state index contributed by atoms with van der Waals surface area (Å²) in [6.07, 6.45) is 0.673. The Kier molecular flexibility index (Phi) is 4.50. The van der Waals surface area contributed by atoms with Crippen molar-refractivity contribution in [3.8, 4) is 0 Å². The molecule has 2 nitrogen and oxygen atoms in total. The summed E-state index contributed by atoms with van der Waals surface area (Å²) in [5, 5.41) is -0.538. The second-order valence-corrected chi connectivity index (χ2v) is 3.21. The molecule has 0 aromatic heterocycles. The summed E-state index contributed by atoms with van der Waals surface area (Å²) in [4.78, 5) is 10.1. The van der Waals surface area contributed by atoms with E-state index in [2.05, 4.69) is 0 Å². The van der Waals surface area contributed by atoms with E-state index >= 15 is 0 Å². The first-order valence-corrected chi connectivity index (χ1v) is 4.47. The van der Waals surface area contributed by atoms with Crippen LogP contribution in [0.3, 0.4) is 0 Å². The summed E-state index contributed by atoms with van der Waals surface area (Å²) in [6.45, 7) is 0.762. The third kappa shape index (κ3) is 4.06. The van der Waals surface area contributed by atoms with Gasteiger partial charge in [0.05, 0.1) is 13.2 Å².